The lowest BCUT2D eigenvalue weighted by atomic mass is 10.2. The van der Waals surface area contributed by atoms with Crippen LogP contribution in [-0.2, 0) is 9.53 Å². The molecule has 3 rings (SSSR count). The highest BCUT2D eigenvalue weighted by Gasteiger charge is 2.17. The molecule has 1 amide bonds. The number of halogens is 3. The predicted octanol–water partition coefficient (Wildman–Crippen LogP) is 2.17. The zero-order valence-electron chi connectivity index (χ0n) is 12.8. The van der Waals surface area contributed by atoms with E-state index in [2.05, 4.69) is 15.7 Å². The molecule has 0 radical (unpaired) electrons. The van der Waals surface area contributed by atoms with Gasteiger partial charge in [-0.3, -0.25) is 4.79 Å². The van der Waals surface area contributed by atoms with Gasteiger partial charge in [0.05, 0.1) is 13.2 Å². The van der Waals surface area contributed by atoms with Crippen molar-refractivity contribution >= 4 is 36.4 Å². The van der Waals surface area contributed by atoms with Crippen molar-refractivity contribution in [2.75, 3.05) is 25.1 Å². The Labute approximate surface area is 151 Å². The smallest absolute Gasteiger partial charge is 0.226 e. The summed E-state index contributed by atoms with van der Waals surface area (Å²) in [7, 11) is 0. The van der Waals surface area contributed by atoms with Gasteiger partial charge < -0.3 is 15.4 Å². The van der Waals surface area contributed by atoms with Gasteiger partial charge in [-0.15, -0.1) is 24.8 Å². The summed E-state index contributed by atoms with van der Waals surface area (Å²) in [5.74, 6) is -0.616. The van der Waals surface area contributed by atoms with Crippen LogP contribution in [0.15, 0.2) is 36.7 Å². The first-order chi connectivity index (χ1) is 10.7. The number of nitrogens with one attached hydrogen (secondary N) is 2. The Hall–Kier alpha value is -1.67. The van der Waals surface area contributed by atoms with Gasteiger partial charge >= 0.3 is 0 Å². The summed E-state index contributed by atoms with van der Waals surface area (Å²) in [6, 6.07) is 6.25. The maximum absolute atomic E-state index is 14.1. The molecule has 1 unspecified atom stereocenters. The fourth-order valence-corrected chi connectivity index (χ4v) is 2.37. The Balaban J connectivity index is 0.00000144. The van der Waals surface area contributed by atoms with E-state index < -0.39 is 5.82 Å². The van der Waals surface area contributed by atoms with Crippen LogP contribution in [0, 0.1) is 5.82 Å². The molecule has 1 aliphatic rings. The third-order valence-electron chi connectivity index (χ3n) is 3.41. The van der Waals surface area contributed by atoms with Crippen LogP contribution in [0.5, 0.6) is 0 Å². The molecular weight excluding hydrogens is 358 g/mol. The molecule has 0 bridgehead atoms. The molecule has 24 heavy (non-hydrogen) atoms. The Morgan fingerprint density at radius 1 is 1.46 bits per heavy atom. The van der Waals surface area contributed by atoms with Crippen LogP contribution in [0.2, 0.25) is 0 Å². The summed E-state index contributed by atoms with van der Waals surface area (Å²) in [4.78, 5) is 12.0. The monoisotopic (exact) mass is 376 g/mol. The molecule has 132 valence electrons. The number of morpholine rings is 1. The maximum atomic E-state index is 14.1. The van der Waals surface area contributed by atoms with Crippen molar-refractivity contribution in [3.63, 3.8) is 0 Å². The topological polar surface area (TPSA) is 68.2 Å². The highest BCUT2D eigenvalue weighted by Crippen LogP contribution is 2.18. The van der Waals surface area contributed by atoms with Crippen molar-refractivity contribution in [3.8, 4) is 5.69 Å². The summed E-state index contributed by atoms with van der Waals surface area (Å²) in [5, 5.41) is 9.88. The summed E-state index contributed by atoms with van der Waals surface area (Å²) in [6.07, 6.45) is 3.53. The number of rotatable bonds is 4. The van der Waals surface area contributed by atoms with E-state index in [1.807, 2.05) is 0 Å². The van der Waals surface area contributed by atoms with Crippen molar-refractivity contribution in [2.45, 2.75) is 12.5 Å². The molecule has 0 aliphatic carbocycles. The average Bonchev–Trinajstić information content (AvgIpc) is 3.02. The summed E-state index contributed by atoms with van der Waals surface area (Å²) in [5.41, 5.74) is 0.764. The van der Waals surface area contributed by atoms with Crippen LogP contribution in [0.25, 0.3) is 5.69 Å². The molecule has 1 aromatic carbocycles. The molecule has 9 heteroatoms. The number of hydrogen-bond donors (Lipinski definition) is 2. The third-order valence-corrected chi connectivity index (χ3v) is 3.41. The lowest BCUT2D eigenvalue weighted by Gasteiger charge is -2.23. The molecule has 1 aliphatic heterocycles. The number of nitrogens with zero attached hydrogens (tertiary/aromatic N) is 2. The lowest BCUT2D eigenvalue weighted by Crippen LogP contribution is -2.43. The number of carbonyl (C=O) groups is 1. The van der Waals surface area contributed by atoms with Gasteiger partial charge in [0.25, 0.3) is 0 Å². The van der Waals surface area contributed by atoms with Gasteiger partial charge in [-0.25, -0.2) is 9.07 Å². The van der Waals surface area contributed by atoms with Gasteiger partial charge in [0.1, 0.15) is 5.69 Å². The van der Waals surface area contributed by atoms with Gasteiger partial charge in [0, 0.05) is 37.1 Å². The molecule has 1 saturated heterocycles. The molecule has 0 spiro atoms. The van der Waals surface area contributed by atoms with E-state index >= 15 is 0 Å². The standard InChI is InChI=1S/C15H17FN4O2.2ClH/c16-13-8-11(2-3-14(13)20-6-1-4-18-20)19-15(21)9-12-10-22-7-5-17-12;;/h1-4,6,8,12,17H,5,7,9-10H2,(H,19,21);2*1H. The molecule has 1 atom stereocenters. The molecular formula is C15H19Cl2FN4O2. The molecule has 1 aromatic heterocycles. The van der Waals surface area contributed by atoms with E-state index in [1.165, 1.54) is 10.7 Å². The van der Waals surface area contributed by atoms with Gasteiger partial charge in [-0.05, 0) is 24.3 Å². The Morgan fingerprint density at radius 2 is 2.29 bits per heavy atom. The van der Waals surface area contributed by atoms with Gasteiger partial charge in [0.2, 0.25) is 5.91 Å². The number of aromatic nitrogens is 2. The minimum Gasteiger partial charge on any atom is -0.378 e. The summed E-state index contributed by atoms with van der Waals surface area (Å²) in [6.45, 7) is 1.92. The van der Waals surface area contributed by atoms with Crippen LogP contribution in [0.4, 0.5) is 10.1 Å². The van der Waals surface area contributed by atoms with E-state index in [4.69, 9.17) is 4.74 Å². The molecule has 1 fully saturated rings. The number of amides is 1. The van der Waals surface area contributed by atoms with Crippen LogP contribution in [0.3, 0.4) is 0 Å². The second-order valence-corrected chi connectivity index (χ2v) is 5.10. The first-order valence-corrected chi connectivity index (χ1v) is 7.13. The number of benzene rings is 1. The number of ether oxygens (including phenoxy) is 1. The number of hydrogen-bond acceptors (Lipinski definition) is 4. The first-order valence-electron chi connectivity index (χ1n) is 7.13. The number of carbonyl (C=O) groups excluding carboxylic acids is 1. The second-order valence-electron chi connectivity index (χ2n) is 5.10. The predicted molar refractivity (Wildman–Crippen MR) is 93.9 cm³/mol. The minimum absolute atomic E-state index is 0. The van der Waals surface area contributed by atoms with E-state index in [9.17, 15) is 9.18 Å². The lowest BCUT2D eigenvalue weighted by molar-refractivity contribution is -0.117. The van der Waals surface area contributed by atoms with Gasteiger partial charge in [-0.2, -0.15) is 5.10 Å². The van der Waals surface area contributed by atoms with Crippen LogP contribution in [0.1, 0.15) is 6.42 Å². The molecule has 0 saturated carbocycles. The summed E-state index contributed by atoms with van der Waals surface area (Å²) < 4.78 is 20.8. The van der Waals surface area contributed by atoms with Crippen molar-refractivity contribution < 1.29 is 13.9 Å². The second kappa shape index (κ2) is 9.58. The average molecular weight is 377 g/mol. The quantitative estimate of drug-likeness (QED) is 0.857. The Bertz CT molecular complexity index is 649. The highest BCUT2D eigenvalue weighted by atomic mass is 35.5. The van der Waals surface area contributed by atoms with E-state index in [0.717, 1.165) is 6.54 Å². The zero-order chi connectivity index (χ0) is 15.4. The van der Waals surface area contributed by atoms with E-state index in [-0.39, 0.29) is 36.8 Å². The normalized spacial score (nSPS) is 16.6. The van der Waals surface area contributed by atoms with Crippen molar-refractivity contribution in [1.29, 1.82) is 0 Å². The van der Waals surface area contributed by atoms with Crippen LogP contribution in [-0.4, -0.2) is 41.5 Å². The van der Waals surface area contributed by atoms with Crippen LogP contribution < -0.4 is 10.6 Å². The van der Waals surface area contributed by atoms with Gasteiger partial charge in [-0.1, -0.05) is 0 Å². The van der Waals surface area contributed by atoms with Crippen molar-refractivity contribution in [2.24, 2.45) is 0 Å². The molecule has 2 heterocycles. The third kappa shape index (κ3) is 5.17. The largest absolute Gasteiger partial charge is 0.378 e. The van der Waals surface area contributed by atoms with Crippen LogP contribution >= 0.6 is 24.8 Å². The summed E-state index contributed by atoms with van der Waals surface area (Å²) >= 11 is 0. The fraction of sp³-hybridized carbons (Fsp3) is 0.333. The minimum atomic E-state index is -0.444. The van der Waals surface area contributed by atoms with E-state index in [1.54, 1.807) is 30.6 Å². The first kappa shape index (κ1) is 20.4. The van der Waals surface area contributed by atoms with Crippen molar-refractivity contribution in [3.05, 3.63) is 42.5 Å². The zero-order valence-corrected chi connectivity index (χ0v) is 14.4. The van der Waals surface area contributed by atoms with Crippen molar-refractivity contribution in [1.82, 2.24) is 15.1 Å². The fourth-order valence-electron chi connectivity index (χ4n) is 2.37. The molecule has 2 aromatic rings. The molecule has 2 N–H and O–H groups in total. The van der Waals surface area contributed by atoms with Gasteiger partial charge in [0.15, 0.2) is 5.82 Å². The number of anilines is 1. The maximum Gasteiger partial charge on any atom is 0.226 e. The molecule has 6 nitrogen and oxygen atoms in total. The Kier molecular flexibility index (Phi) is 8.14. The SMILES string of the molecule is Cl.Cl.O=C(CC1COCCN1)Nc1ccc(-n2cccn2)c(F)c1. The highest BCUT2D eigenvalue weighted by molar-refractivity contribution is 5.91. The Morgan fingerprint density at radius 3 is 2.92 bits per heavy atom. The van der Waals surface area contributed by atoms with E-state index in [0.29, 0.717) is 31.0 Å².